The molecule has 1 aliphatic heterocycles. The maximum Gasteiger partial charge on any atom is 0.340 e. The van der Waals surface area contributed by atoms with Gasteiger partial charge in [0.05, 0.1) is 24.5 Å². The van der Waals surface area contributed by atoms with E-state index in [0.29, 0.717) is 19.5 Å². The van der Waals surface area contributed by atoms with E-state index in [9.17, 15) is 14.3 Å². The summed E-state index contributed by atoms with van der Waals surface area (Å²) in [5.41, 5.74) is 6.07. The zero-order valence-corrected chi connectivity index (χ0v) is 10.7. The molecule has 19 heavy (non-hydrogen) atoms. The molecule has 1 heterocycles. The number of methoxy groups -OCH3 is 1. The zero-order chi connectivity index (χ0) is 14.0. The molecule has 0 aromatic heterocycles. The molecule has 0 radical (unpaired) electrons. The van der Waals surface area contributed by atoms with Crippen molar-refractivity contribution in [3.05, 3.63) is 23.5 Å². The van der Waals surface area contributed by atoms with Crippen LogP contribution in [0, 0.1) is 5.82 Å². The molecule has 0 spiro atoms. The predicted molar refractivity (Wildman–Crippen MR) is 69.6 cm³/mol. The summed E-state index contributed by atoms with van der Waals surface area (Å²) in [5.74, 6) is -1.10. The molecular formula is C13H17FN2O3. The van der Waals surface area contributed by atoms with Gasteiger partial charge >= 0.3 is 5.97 Å². The van der Waals surface area contributed by atoms with Crippen LogP contribution >= 0.6 is 0 Å². The number of nitrogens with two attached hydrogens (primary N) is 1. The lowest BCUT2D eigenvalue weighted by molar-refractivity contribution is 0.0602. The van der Waals surface area contributed by atoms with Gasteiger partial charge in [-0.15, -0.1) is 0 Å². The third-order valence-electron chi connectivity index (χ3n) is 3.26. The highest BCUT2D eigenvalue weighted by Crippen LogP contribution is 2.28. The first-order chi connectivity index (χ1) is 9.02. The standard InChI is InChI=1S/C13H17FN2O3/c1-19-13(18)9-5-12(10(14)6-11(9)15)16-4-2-3-8(17)7-16/h5-6,8,17H,2-4,7,15H2,1H3. The van der Waals surface area contributed by atoms with Gasteiger partial charge in [0, 0.05) is 18.8 Å². The number of piperidine rings is 1. The van der Waals surface area contributed by atoms with Crippen LogP contribution in [-0.2, 0) is 4.74 Å². The zero-order valence-electron chi connectivity index (χ0n) is 10.7. The molecule has 0 saturated carbocycles. The molecule has 6 heteroatoms. The van der Waals surface area contributed by atoms with Gasteiger partial charge in [0.25, 0.3) is 0 Å². The second-order valence-electron chi connectivity index (χ2n) is 4.62. The minimum atomic E-state index is -0.601. The van der Waals surface area contributed by atoms with Crippen molar-refractivity contribution < 1.29 is 19.0 Å². The third-order valence-corrected chi connectivity index (χ3v) is 3.26. The Bertz CT molecular complexity index is 493. The van der Waals surface area contributed by atoms with Gasteiger partial charge in [0.15, 0.2) is 0 Å². The number of halogens is 1. The van der Waals surface area contributed by atoms with Crippen LogP contribution in [0.25, 0.3) is 0 Å². The van der Waals surface area contributed by atoms with Crippen LogP contribution in [0.1, 0.15) is 23.2 Å². The Kier molecular flexibility index (Phi) is 3.90. The number of nitrogens with zero attached hydrogens (tertiary/aromatic N) is 1. The number of nitrogen functional groups attached to an aromatic ring is 1. The Morgan fingerprint density at radius 3 is 2.95 bits per heavy atom. The molecule has 0 amide bonds. The Morgan fingerprint density at radius 1 is 1.58 bits per heavy atom. The fourth-order valence-electron chi connectivity index (χ4n) is 2.28. The number of benzene rings is 1. The van der Waals surface area contributed by atoms with Gasteiger partial charge in [-0.05, 0) is 25.0 Å². The van der Waals surface area contributed by atoms with Gasteiger partial charge in [0.1, 0.15) is 5.82 Å². The van der Waals surface area contributed by atoms with Gasteiger partial charge in [-0.3, -0.25) is 0 Å². The maximum absolute atomic E-state index is 14.0. The first-order valence-electron chi connectivity index (χ1n) is 6.13. The number of rotatable bonds is 2. The highest BCUT2D eigenvalue weighted by atomic mass is 19.1. The molecule has 1 aliphatic rings. The molecule has 5 nitrogen and oxygen atoms in total. The summed E-state index contributed by atoms with van der Waals surface area (Å²) in [6.45, 7) is 0.986. The summed E-state index contributed by atoms with van der Waals surface area (Å²) in [6.07, 6.45) is 1.00. The fourth-order valence-corrected chi connectivity index (χ4v) is 2.28. The molecule has 0 bridgehead atoms. The second kappa shape index (κ2) is 5.44. The van der Waals surface area contributed by atoms with Gasteiger partial charge in [-0.25, -0.2) is 9.18 Å². The van der Waals surface area contributed by atoms with E-state index in [2.05, 4.69) is 4.74 Å². The van der Waals surface area contributed by atoms with Crippen molar-refractivity contribution in [2.45, 2.75) is 18.9 Å². The summed E-state index contributed by atoms with van der Waals surface area (Å²) in [6, 6.07) is 2.50. The average Bonchev–Trinajstić information content (AvgIpc) is 2.38. The van der Waals surface area contributed by atoms with E-state index in [4.69, 9.17) is 5.73 Å². The summed E-state index contributed by atoms with van der Waals surface area (Å²) >= 11 is 0. The van der Waals surface area contributed by atoms with Crippen molar-refractivity contribution in [1.29, 1.82) is 0 Å². The molecule has 3 N–H and O–H groups in total. The molecular weight excluding hydrogens is 251 g/mol. The number of carbonyl (C=O) groups is 1. The molecule has 1 saturated heterocycles. The maximum atomic E-state index is 14.0. The molecule has 1 aromatic rings. The molecule has 1 fully saturated rings. The molecule has 2 rings (SSSR count). The topological polar surface area (TPSA) is 75.8 Å². The highest BCUT2D eigenvalue weighted by Gasteiger charge is 2.23. The second-order valence-corrected chi connectivity index (χ2v) is 4.62. The Labute approximate surface area is 110 Å². The number of esters is 1. The van der Waals surface area contributed by atoms with Crippen LogP contribution in [0.3, 0.4) is 0 Å². The van der Waals surface area contributed by atoms with Gasteiger partial charge < -0.3 is 20.5 Å². The van der Waals surface area contributed by atoms with Crippen LogP contribution < -0.4 is 10.6 Å². The fraction of sp³-hybridized carbons (Fsp3) is 0.462. The minimum Gasteiger partial charge on any atom is -0.465 e. The van der Waals surface area contributed by atoms with Gasteiger partial charge in [-0.2, -0.15) is 0 Å². The Morgan fingerprint density at radius 2 is 2.32 bits per heavy atom. The monoisotopic (exact) mass is 268 g/mol. The quantitative estimate of drug-likeness (QED) is 0.621. The van der Waals surface area contributed by atoms with Gasteiger partial charge in [-0.1, -0.05) is 0 Å². The summed E-state index contributed by atoms with van der Waals surface area (Å²) in [7, 11) is 1.25. The molecule has 104 valence electrons. The first kappa shape index (κ1) is 13.6. The van der Waals surface area contributed by atoms with Crippen LogP contribution in [-0.4, -0.2) is 37.4 Å². The molecule has 0 aliphatic carbocycles. The number of carbonyl (C=O) groups excluding carboxylic acids is 1. The number of β-amino-alcohol motifs (C(OH)–C–C–N with tert-alkyl or cyclic N) is 1. The van der Waals surface area contributed by atoms with Crippen LogP contribution in [0.15, 0.2) is 12.1 Å². The van der Waals surface area contributed by atoms with Crippen molar-refractivity contribution in [2.24, 2.45) is 0 Å². The SMILES string of the molecule is COC(=O)c1cc(N2CCCC(O)C2)c(F)cc1N. The molecule has 1 aromatic carbocycles. The third kappa shape index (κ3) is 2.78. The van der Waals surface area contributed by atoms with E-state index >= 15 is 0 Å². The van der Waals surface area contributed by atoms with Crippen molar-refractivity contribution in [2.75, 3.05) is 30.8 Å². The van der Waals surface area contributed by atoms with Crippen molar-refractivity contribution in [1.82, 2.24) is 0 Å². The van der Waals surface area contributed by atoms with Gasteiger partial charge in [0.2, 0.25) is 0 Å². The van der Waals surface area contributed by atoms with Crippen LogP contribution in [0.5, 0.6) is 0 Å². The number of aliphatic hydroxyl groups excluding tert-OH is 1. The average molecular weight is 268 g/mol. The number of hydrogen-bond donors (Lipinski definition) is 2. The predicted octanol–water partition coefficient (Wildman–Crippen LogP) is 1.16. The first-order valence-corrected chi connectivity index (χ1v) is 6.13. The smallest absolute Gasteiger partial charge is 0.340 e. The van der Waals surface area contributed by atoms with Crippen LogP contribution in [0.2, 0.25) is 0 Å². The van der Waals surface area contributed by atoms with E-state index < -0.39 is 17.9 Å². The Hall–Kier alpha value is -1.82. The summed E-state index contributed by atoms with van der Waals surface area (Å²) in [5, 5.41) is 9.63. The molecule has 1 atom stereocenters. The molecule has 1 unspecified atom stereocenters. The van der Waals surface area contributed by atoms with E-state index in [0.717, 1.165) is 12.5 Å². The summed E-state index contributed by atoms with van der Waals surface area (Å²) < 4.78 is 18.6. The minimum absolute atomic E-state index is 0.0469. The lowest BCUT2D eigenvalue weighted by Gasteiger charge is -2.32. The van der Waals surface area contributed by atoms with Crippen molar-refractivity contribution in [3.8, 4) is 0 Å². The summed E-state index contributed by atoms with van der Waals surface area (Å²) in [4.78, 5) is 13.3. The van der Waals surface area contributed by atoms with E-state index in [1.165, 1.54) is 13.2 Å². The van der Waals surface area contributed by atoms with E-state index in [1.807, 2.05) is 0 Å². The lowest BCUT2D eigenvalue weighted by atomic mass is 10.1. The number of ether oxygens (including phenoxy) is 1. The lowest BCUT2D eigenvalue weighted by Crippen LogP contribution is -2.38. The number of hydrogen-bond acceptors (Lipinski definition) is 5. The normalized spacial score (nSPS) is 19.3. The van der Waals surface area contributed by atoms with E-state index in [-0.39, 0.29) is 16.9 Å². The van der Waals surface area contributed by atoms with Crippen LogP contribution in [0.4, 0.5) is 15.8 Å². The number of anilines is 2. The number of aliphatic hydroxyl groups is 1. The Balaban J connectivity index is 2.36. The van der Waals surface area contributed by atoms with Crippen molar-refractivity contribution in [3.63, 3.8) is 0 Å². The van der Waals surface area contributed by atoms with E-state index in [1.54, 1.807) is 4.90 Å². The highest BCUT2D eigenvalue weighted by molar-refractivity contribution is 5.96. The van der Waals surface area contributed by atoms with Crippen molar-refractivity contribution >= 4 is 17.3 Å². The largest absolute Gasteiger partial charge is 0.465 e.